The van der Waals surface area contributed by atoms with E-state index in [1.54, 1.807) is 19.4 Å². The molecule has 0 unspecified atom stereocenters. The van der Waals surface area contributed by atoms with Gasteiger partial charge < -0.3 is 9.13 Å². The molecule has 0 aromatic carbocycles. The van der Waals surface area contributed by atoms with E-state index in [1.165, 1.54) is 11.6 Å². The number of aryl methyl sites for hydroxylation is 1. The lowest BCUT2D eigenvalue weighted by molar-refractivity contribution is 0.0946. The highest BCUT2D eigenvalue weighted by atomic mass is 16.2. The summed E-state index contributed by atoms with van der Waals surface area (Å²) >= 11 is 0. The van der Waals surface area contributed by atoms with E-state index in [-0.39, 0.29) is 16.8 Å². The van der Waals surface area contributed by atoms with Gasteiger partial charge in [-0.05, 0) is 18.4 Å². The summed E-state index contributed by atoms with van der Waals surface area (Å²) in [7, 11) is 3.11. The first-order valence-electron chi connectivity index (χ1n) is 9.47. The molecule has 0 amide bonds. The minimum atomic E-state index is -0.377. The standard InChI is InChI=1S/C19H22N6O3/c1-21-17-16(18(27)22(2)19(21)28)24(10-20-17)11-23-7-12-6-13(9-23)14-4-3-5-15(26)25(14)8-12/h3-5,10,12-13H,6-9,11H2,1-2H3/t12-,13+/m1/s1. The maximum absolute atomic E-state index is 12.7. The van der Waals surface area contributed by atoms with E-state index in [0.29, 0.717) is 29.7 Å². The van der Waals surface area contributed by atoms with Crippen LogP contribution >= 0.6 is 0 Å². The average molecular weight is 382 g/mol. The molecule has 1 saturated heterocycles. The third-order valence-electron chi connectivity index (χ3n) is 6.12. The van der Waals surface area contributed by atoms with E-state index >= 15 is 0 Å². The highest BCUT2D eigenvalue weighted by Crippen LogP contribution is 2.35. The molecule has 0 aliphatic carbocycles. The van der Waals surface area contributed by atoms with Gasteiger partial charge in [-0.15, -0.1) is 0 Å². The number of nitrogens with zero attached hydrogens (tertiary/aromatic N) is 6. The molecule has 1 fully saturated rings. The molecule has 5 rings (SSSR count). The maximum Gasteiger partial charge on any atom is 0.332 e. The van der Waals surface area contributed by atoms with Crippen LogP contribution < -0.4 is 16.8 Å². The van der Waals surface area contributed by atoms with Crippen LogP contribution in [0.3, 0.4) is 0 Å². The number of pyridine rings is 1. The Balaban J connectivity index is 1.50. The van der Waals surface area contributed by atoms with Crippen molar-refractivity contribution in [1.29, 1.82) is 0 Å². The number of hydrogen-bond donors (Lipinski definition) is 0. The second-order valence-electron chi connectivity index (χ2n) is 7.97. The number of hydrogen-bond acceptors (Lipinski definition) is 5. The molecule has 3 aromatic heterocycles. The third kappa shape index (κ3) is 2.42. The van der Waals surface area contributed by atoms with Crippen LogP contribution in [-0.2, 0) is 27.3 Å². The van der Waals surface area contributed by atoms with Crippen LogP contribution in [0.4, 0.5) is 0 Å². The number of rotatable bonds is 2. The zero-order valence-corrected chi connectivity index (χ0v) is 15.9. The SMILES string of the molecule is Cn1c(=O)c2c(ncn2CN2C[C@H]3C[C@@H](C2)c2cccc(=O)n2C3)n(C)c1=O. The van der Waals surface area contributed by atoms with Crippen LogP contribution in [0.25, 0.3) is 11.2 Å². The third-order valence-corrected chi connectivity index (χ3v) is 6.12. The maximum atomic E-state index is 12.7. The summed E-state index contributed by atoms with van der Waals surface area (Å²) in [5.41, 5.74) is 1.31. The fourth-order valence-corrected chi connectivity index (χ4v) is 4.83. The van der Waals surface area contributed by atoms with Gasteiger partial charge in [-0.3, -0.25) is 23.6 Å². The van der Waals surface area contributed by atoms with Crippen molar-refractivity contribution in [1.82, 2.24) is 28.2 Å². The van der Waals surface area contributed by atoms with Crippen molar-refractivity contribution in [2.24, 2.45) is 20.0 Å². The van der Waals surface area contributed by atoms with Crippen LogP contribution in [-0.4, -0.2) is 41.2 Å². The molecule has 9 heteroatoms. The molecule has 0 saturated carbocycles. The van der Waals surface area contributed by atoms with Gasteiger partial charge in [0, 0.05) is 51.4 Å². The first-order valence-corrected chi connectivity index (χ1v) is 9.47. The highest BCUT2D eigenvalue weighted by Gasteiger charge is 2.34. The summed E-state index contributed by atoms with van der Waals surface area (Å²) in [4.78, 5) is 43.6. The zero-order chi connectivity index (χ0) is 19.6. The summed E-state index contributed by atoms with van der Waals surface area (Å²) in [6.07, 6.45) is 2.72. The topological polar surface area (TPSA) is 87.1 Å². The largest absolute Gasteiger partial charge is 0.332 e. The molecule has 0 N–H and O–H groups in total. The van der Waals surface area contributed by atoms with Crippen molar-refractivity contribution in [2.75, 3.05) is 13.1 Å². The quantitative estimate of drug-likeness (QED) is 0.606. The number of imidazole rings is 1. The second kappa shape index (κ2) is 6.03. The van der Waals surface area contributed by atoms with Crippen molar-refractivity contribution >= 4 is 11.2 Å². The van der Waals surface area contributed by atoms with Gasteiger partial charge in [0.2, 0.25) is 0 Å². The minimum Gasteiger partial charge on any atom is -0.312 e. The van der Waals surface area contributed by atoms with Crippen molar-refractivity contribution in [3.63, 3.8) is 0 Å². The molecule has 2 aliphatic heterocycles. The molecule has 2 bridgehead atoms. The van der Waals surface area contributed by atoms with Gasteiger partial charge in [-0.2, -0.15) is 0 Å². The van der Waals surface area contributed by atoms with Gasteiger partial charge in [0.05, 0.1) is 13.0 Å². The Morgan fingerprint density at radius 1 is 1.07 bits per heavy atom. The number of aromatic nitrogens is 5. The summed E-state index contributed by atoms with van der Waals surface area (Å²) in [5.74, 6) is 0.719. The smallest absolute Gasteiger partial charge is 0.312 e. The van der Waals surface area contributed by atoms with Gasteiger partial charge in [-0.25, -0.2) is 9.78 Å². The predicted molar refractivity (Wildman–Crippen MR) is 103 cm³/mol. The van der Waals surface area contributed by atoms with Crippen LogP contribution in [0.15, 0.2) is 38.9 Å². The lowest BCUT2D eigenvalue weighted by Crippen LogP contribution is -2.47. The van der Waals surface area contributed by atoms with E-state index < -0.39 is 0 Å². The van der Waals surface area contributed by atoms with Crippen LogP contribution in [0.5, 0.6) is 0 Å². The highest BCUT2D eigenvalue weighted by molar-refractivity contribution is 5.69. The van der Waals surface area contributed by atoms with E-state index in [4.69, 9.17) is 0 Å². The van der Waals surface area contributed by atoms with E-state index in [9.17, 15) is 14.4 Å². The van der Waals surface area contributed by atoms with Gasteiger partial charge in [0.25, 0.3) is 11.1 Å². The van der Waals surface area contributed by atoms with E-state index in [1.807, 2.05) is 21.3 Å². The average Bonchev–Trinajstić information content (AvgIpc) is 3.09. The first-order chi connectivity index (χ1) is 13.4. The zero-order valence-electron chi connectivity index (χ0n) is 15.9. The summed E-state index contributed by atoms with van der Waals surface area (Å²) in [5, 5.41) is 0. The predicted octanol–water partition coefficient (Wildman–Crippen LogP) is -0.328. The molecule has 0 spiro atoms. The summed E-state index contributed by atoms with van der Waals surface area (Å²) < 4.78 is 6.26. The Hall–Kier alpha value is -2.94. The molecule has 28 heavy (non-hydrogen) atoms. The van der Waals surface area contributed by atoms with Crippen LogP contribution in [0, 0.1) is 5.92 Å². The summed E-state index contributed by atoms with van der Waals surface area (Å²) in [6, 6.07) is 5.50. The Labute approximate surface area is 160 Å². The van der Waals surface area contributed by atoms with Crippen molar-refractivity contribution < 1.29 is 0 Å². The number of fused-ring (bicyclic) bond motifs is 5. The van der Waals surface area contributed by atoms with Crippen LogP contribution in [0.2, 0.25) is 0 Å². The second-order valence-corrected chi connectivity index (χ2v) is 7.97. The molecule has 2 atom stereocenters. The number of likely N-dealkylation sites (tertiary alicyclic amines) is 1. The molecule has 0 radical (unpaired) electrons. The Morgan fingerprint density at radius 3 is 2.71 bits per heavy atom. The first kappa shape index (κ1) is 17.2. The van der Waals surface area contributed by atoms with Gasteiger partial charge in [0.1, 0.15) is 0 Å². The van der Waals surface area contributed by atoms with E-state index in [2.05, 4.69) is 9.88 Å². The van der Waals surface area contributed by atoms with Crippen LogP contribution in [0.1, 0.15) is 18.0 Å². The Morgan fingerprint density at radius 2 is 1.89 bits per heavy atom. The van der Waals surface area contributed by atoms with Gasteiger partial charge >= 0.3 is 5.69 Å². The molecule has 146 valence electrons. The molecule has 9 nitrogen and oxygen atoms in total. The molecule has 3 aromatic rings. The monoisotopic (exact) mass is 382 g/mol. The molecular weight excluding hydrogens is 360 g/mol. The van der Waals surface area contributed by atoms with Crippen molar-refractivity contribution in [3.8, 4) is 0 Å². The Kier molecular flexibility index (Phi) is 3.70. The molecule has 2 aliphatic rings. The molecular formula is C19H22N6O3. The van der Waals surface area contributed by atoms with E-state index in [0.717, 1.165) is 36.3 Å². The Bertz CT molecular complexity index is 1260. The van der Waals surface area contributed by atoms with Gasteiger partial charge in [0.15, 0.2) is 11.2 Å². The van der Waals surface area contributed by atoms with Crippen molar-refractivity contribution in [3.05, 3.63) is 61.4 Å². The lowest BCUT2D eigenvalue weighted by atomic mass is 9.83. The normalized spacial score (nSPS) is 21.8. The fourth-order valence-electron chi connectivity index (χ4n) is 4.83. The fraction of sp³-hybridized carbons (Fsp3) is 0.474. The molecule has 5 heterocycles. The minimum absolute atomic E-state index is 0.0747. The van der Waals surface area contributed by atoms with Crippen molar-refractivity contribution in [2.45, 2.75) is 25.6 Å². The summed E-state index contributed by atoms with van der Waals surface area (Å²) in [6.45, 7) is 2.96. The number of piperidine rings is 1. The van der Waals surface area contributed by atoms with Gasteiger partial charge in [-0.1, -0.05) is 6.07 Å². The lowest BCUT2D eigenvalue weighted by Gasteiger charge is -2.42.